The van der Waals surface area contributed by atoms with Crippen LogP contribution in [0.4, 0.5) is 0 Å². The lowest BCUT2D eigenvalue weighted by Gasteiger charge is -2.36. The fourth-order valence-corrected chi connectivity index (χ4v) is 3.28. The molecule has 0 bridgehead atoms. The van der Waals surface area contributed by atoms with E-state index in [0.717, 1.165) is 25.3 Å². The molecule has 0 spiro atoms. The van der Waals surface area contributed by atoms with Crippen LogP contribution in [0.5, 0.6) is 5.75 Å². The molecule has 1 aliphatic heterocycles. The van der Waals surface area contributed by atoms with Gasteiger partial charge in [0, 0.05) is 31.6 Å². The van der Waals surface area contributed by atoms with Gasteiger partial charge >= 0.3 is 0 Å². The largest absolute Gasteiger partial charge is 0.496 e. The van der Waals surface area contributed by atoms with Crippen molar-refractivity contribution < 1.29 is 9.53 Å². The standard InChI is InChI=1S/C18H28N2O2/c1-13(9-16-7-5-6-8-17(16)22-4)10-18(21)20-11-14(2)19-15(3)12-20/h5-8,13-15,19H,9-12H2,1-4H3/t13-,14-,15+/m0/s1. The number of ether oxygens (including phenoxy) is 1. The predicted octanol–water partition coefficient (Wildman–Crippen LogP) is 2.47. The molecule has 0 unspecified atom stereocenters. The van der Waals surface area contributed by atoms with Crippen LogP contribution in [-0.4, -0.2) is 43.1 Å². The van der Waals surface area contributed by atoms with Crippen molar-refractivity contribution in [1.82, 2.24) is 10.2 Å². The molecule has 1 heterocycles. The van der Waals surface area contributed by atoms with Crippen molar-refractivity contribution in [2.24, 2.45) is 5.92 Å². The van der Waals surface area contributed by atoms with Crippen LogP contribution in [0.3, 0.4) is 0 Å². The third-order valence-electron chi connectivity index (χ3n) is 4.19. The molecule has 0 aliphatic carbocycles. The normalized spacial score (nSPS) is 23.2. The van der Waals surface area contributed by atoms with Crippen LogP contribution < -0.4 is 10.1 Å². The number of nitrogens with one attached hydrogen (secondary N) is 1. The number of hydrogen-bond donors (Lipinski definition) is 1. The maximum atomic E-state index is 12.5. The zero-order chi connectivity index (χ0) is 16.1. The zero-order valence-electron chi connectivity index (χ0n) is 14.1. The molecule has 0 saturated carbocycles. The highest BCUT2D eigenvalue weighted by Crippen LogP contribution is 2.22. The van der Waals surface area contributed by atoms with Gasteiger partial charge in [-0.15, -0.1) is 0 Å². The highest BCUT2D eigenvalue weighted by Gasteiger charge is 2.25. The van der Waals surface area contributed by atoms with Crippen LogP contribution >= 0.6 is 0 Å². The van der Waals surface area contributed by atoms with Crippen LogP contribution in [-0.2, 0) is 11.2 Å². The Kier molecular flexibility index (Phi) is 5.83. The van der Waals surface area contributed by atoms with E-state index in [2.05, 4.69) is 32.2 Å². The van der Waals surface area contributed by atoms with Crippen LogP contribution in [0.1, 0.15) is 32.8 Å². The summed E-state index contributed by atoms with van der Waals surface area (Å²) < 4.78 is 5.39. The monoisotopic (exact) mass is 304 g/mol. The molecule has 3 atom stereocenters. The van der Waals surface area contributed by atoms with Crippen LogP contribution in [0, 0.1) is 5.92 Å². The SMILES string of the molecule is COc1ccccc1C[C@H](C)CC(=O)N1C[C@@H](C)N[C@@H](C)C1. The maximum Gasteiger partial charge on any atom is 0.222 e. The van der Waals surface area contributed by atoms with Crippen LogP contribution in [0.2, 0.25) is 0 Å². The Bertz CT molecular complexity index is 494. The van der Waals surface area contributed by atoms with E-state index in [1.165, 1.54) is 5.56 Å². The Morgan fingerprint density at radius 1 is 1.32 bits per heavy atom. The number of carbonyl (C=O) groups is 1. The van der Waals surface area contributed by atoms with E-state index in [0.29, 0.717) is 24.4 Å². The van der Waals surface area contributed by atoms with Gasteiger partial charge in [-0.2, -0.15) is 0 Å². The van der Waals surface area contributed by atoms with E-state index in [9.17, 15) is 4.79 Å². The van der Waals surface area contributed by atoms with Crippen molar-refractivity contribution in [1.29, 1.82) is 0 Å². The van der Waals surface area contributed by atoms with Crippen molar-refractivity contribution in [3.05, 3.63) is 29.8 Å². The second-order valence-corrected chi connectivity index (χ2v) is 6.59. The lowest BCUT2D eigenvalue weighted by Crippen LogP contribution is -2.56. The lowest BCUT2D eigenvalue weighted by atomic mass is 9.96. The van der Waals surface area contributed by atoms with Crippen molar-refractivity contribution in [3.63, 3.8) is 0 Å². The quantitative estimate of drug-likeness (QED) is 0.908. The van der Waals surface area contributed by atoms with Crippen LogP contribution in [0.15, 0.2) is 24.3 Å². The number of amides is 1. The molecule has 0 radical (unpaired) electrons. The van der Waals surface area contributed by atoms with Crippen molar-refractivity contribution >= 4 is 5.91 Å². The van der Waals surface area contributed by atoms with E-state index in [4.69, 9.17) is 4.74 Å². The summed E-state index contributed by atoms with van der Waals surface area (Å²) in [7, 11) is 1.69. The Morgan fingerprint density at radius 2 is 1.95 bits per heavy atom. The number of piperazine rings is 1. The highest BCUT2D eigenvalue weighted by atomic mass is 16.5. The fraction of sp³-hybridized carbons (Fsp3) is 0.611. The van der Waals surface area contributed by atoms with Gasteiger partial charge < -0.3 is 15.0 Å². The maximum absolute atomic E-state index is 12.5. The second-order valence-electron chi connectivity index (χ2n) is 6.59. The van der Waals surface area contributed by atoms with E-state index in [-0.39, 0.29) is 5.91 Å². The third kappa shape index (κ3) is 4.47. The van der Waals surface area contributed by atoms with Crippen molar-refractivity contribution in [2.75, 3.05) is 20.2 Å². The van der Waals surface area contributed by atoms with Gasteiger partial charge in [0.05, 0.1) is 7.11 Å². The molecule has 22 heavy (non-hydrogen) atoms. The summed E-state index contributed by atoms with van der Waals surface area (Å²) in [5.41, 5.74) is 1.17. The van der Waals surface area contributed by atoms with E-state index in [1.807, 2.05) is 23.1 Å². The van der Waals surface area contributed by atoms with Gasteiger partial charge in [-0.25, -0.2) is 0 Å². The minimum atomic E-state index is 0.266. The summed E-state index contributed by atoms with van der Waals surface area (Å²) in [6, 6.07) is 8.79. The van der Waals surface area contributed by atoms with E-state index in [1.54, 1.807) is 7.11 Å². The first-order valence-corrected chi connectivity index (χ1v) is 8.15. The zero-order valence-corrected chi connectivity index (χ0v) is 14.1. The number of methoxy groups -OCH3 is 1. The molecule has 122 valence electrons. The third-order valence-corrected chi connectivity index (χ3v) is 4.19. The Labute approximate surface area is 133 Å². The van der Waals surface area contributed by atoms with Crippen molar-refractivity contribution in [3.8, 4) is 5.75 Å². The first-order chi connectivity index (χ1) is 10.5. The summed E-state index contributed by atoms with van der Waals surface area (Å²) in [6.07, 6.45) is 1.46. The molecular weight excluding hydrogens is 276 g/mol. The summed E-state index contributed by atoms with van der Waals surface area (Å²) in [6.45, 7) is 8.02. The van der Waals surface area contributed by atoms with Gasteiger partial charge in [0.2, 0.25) is 5.91 Å². The van der Waals surface area contributed by atoms with Crippen LogP contribution in [0.25, 0.3) is 0 Å². The molecular formula is C18H28N2O2. The van der Waals surface area contributed by atoms with E-state index >= 15 is 0 Å². The Morgan fingerprint density at radius 3 is 2.59 bits per heavy atom. The smallest absolute Gasteiger partial charge is 0.222 e. The number of carbonyl (C=O) groups excluding carboxylic acids is 1. The Hall–Kier alpha value is -1.55. The lowest BCUT2D eigenvalue weighted by molar-refractivity contribution is -0.133. The minimum Gasteiger partial charge on any atom is -0.496 e. The van der Waals surface area contributed by atoms with Gasteiger partial charge in [0.15, 0.2) is 0 Å². The summed E-state index contributed by atoms with van der Waals surface area (Å²) in [5, 5.41) is 3.46. The number of benzene rings is 1. The highest BCUT2D eigenvalue weighted by molar-refractivity contribution is 5.76. The van der Waals surface area contributed by atoms with Gasteiger partial charge in [0.1, 0.15) is 5.75 Å². The average molecular weight is 304 g/mol. The number of rotatable bonds is 5. The molecule has 1 aliphatic rings. The first kappa shape index (κ1) is 16.8. The molecule has 1 aromatic carbocycles. The molecule has 1 saturated heterocycles. The topological polar surface area (TPSA) is 41.6 Å². The molecule has 1 aromatic rings. The summed E-state index contributed by atoms with van der Waals surface area (Å²) in [4.78, 5) is 14.5. The summed E-state index contributed by atoms with van der Waals surface area (Å²) >= 11 is 0. The van der Waals surface area contributed by atoms with Gasteiger partial charge in [0.25, 0.3) is 0 Å². The van der Waals surface area contributed by atoms with Crippen molar-refractivity contribution in [2.45, 2.75) is 45.7 Å². The molecule has 1 amide bonds. The molecule has 0 aromatic heterocycles. The van der Waals surface area contributed by atoms with E-state index < -0.39 is 0 Å². The average Bonchev–Trinajstić information content (AvgIpc) is 2.46. The van der Waals surface area contributed by atoms with Gasteiger partial charge in [-0.3, -0.25) is 4.79 Å². The number of para-hydroxylation sites is 1. The molecule has 4 heteroatoms. The molecule has 2 rings (SSSR count). The Balaban J connectivity index is 1.91. The minimum absolute atomic E-state index is 0.266. The fourth-order valence-electron chi connectivity index (χ4n) is 3.28. The predicted molar refractivity (Wildman–Crippen MR) is 89.1 cm³/mol. The molecule has 4 nitrogen and oxygen atoms in total. The van der Waals surface area contributed by atoms with Gasteiger partial charge in [-0.05, 0) is 37.8 Å². The first-order valence-electron chi connectivity index (χ1n) is 8.15. The number of nitrogens with zero attached hydrogens (tertiary/aromatic N) is 1. The molecule has 1 fully saturated rings. The number of hydrogen-bond acceptors (Lipinski definition) is 3. The second kappa shape index (κ2) is 7.63. The molecule has 1 N–H and O–H groups in total. The summed E-state index contributed by atoms with van der Waals surface area (Å²) in [5.74, 6) is 1.48. The van der Waals surface area contributed by atoms with Gasteiger partial charge in [-0.1, -0.05) is 25.1 Å².